The molecule has 0 aliphatic heterocycles. The molecule has 0 bridgehead atoms. The van der Waals surface area contributed by atoms with Gasteiger partial charge in [0, 0.05) is 10.4 Å². The fourth-order valence-electron chi connectivity index (χ4n) is 1.20. The van der Waals surface area contributed by atoms with Crippen LogP contribution in [0.1, 0.15) is 4.88 Å². The Balaban J connectivity index is 2.47. The van der Waals surface area contributed by atoms with Crippen LogP contribution in [0.25, 0.3) is 11.3 Å². The first-order valence-corrected chi connectivity index (χ1v) is 5.37. The number of benzene rings is 1. The number of rotatable bonds is 2. The Morgan fingerprint density at radius 1 is 1.23 bits per heavy atom. The Hall–Kier alpha value is -0.860. The highest BCUT2D eigenvalue weighted by molar-refractivity contribution is 7.10. The molecule has 66 valence electrons. The minimum atomic E-state index is 0.537. The molecule has 0 saturated carbocycles. The normalized spacial score (nSPS) is 10.2. The lowest BCUT2D eigenvalue weighted by Crippen LogP contribution is -1.80. The zero-order valence-electron chi connectivity index (χ0n) is 6.90. The third-order valence-electron chi connectivity index (χ3n) is 1.81. The molecule has 1 aromatic heterocycles. The van der Waals surface area contributed by atoms with Crippen LogP contribution in [-0.2, 0) is 5.88 Å². The third-order valence-corrected chi connectivity index (χ3v) is 3.07. The molecule has 0 unspecified atom stereocenters. The van der Waals surface area contributed by atoms with Gasteiger partial charge in [0.2, 0.25) is 0 Å². The third kappa shape index (κ3) is 1.74. The van der Waals surface area contributed by atoms with Crippen molar-refractivity contribution in [2.75, 3.05) is 0 Å². The van der Waals surface area contributed by atoms with Gasteiger partial charge in [-0.1, -0.05) is 30.3 Å². The van der Waals surface area contributed by atoms with Gasteiger partial charge in [0.25, 0.3) is 0 Å². The molecule has 0 saturated heterocycles. The molecule has 0 fully saturated rings. The highest BCUT2D eigenvalue weighted by Gasteiger charge is 2.05. The lowest BCUT2D eigenvalue weighted by Gasteiger charge is -1.97. The Kier molecular flexibility index (Phi) is 2.62. The van der Waals surface area contributed by atoms with Crippen molar-refractivity contribution in [3.05, 3.63) is 40.7 Å². The van der Waals surface area contributed by atoms with E-state index in [1.165, 1.54) is 0 Å². The molecular weight excluding hydrogens is 202 g/mol. The van der Waals surface area contributed by atoms with Crippen LogP contribution in [0.15, 0.2) is 35.8 Å². The van der Waals surface area contributed by atoms with Crippen molar-refractivity contribution < 1.29 is 0 Å². The molecule has 0 atom stereocenters. The molecule has 0 N–H and O–H groups in total. The predicted molar refractivity (Wildman–Crippen MR) is 57.1 cm³/mol. The van der Waals surface area contributed by atoms with Crippen LogP contribution in [0, 0.1) is 0 Å². The van der Waals surface area contributed by atoms with E-state index in [9.17, 15) is 0 Å². The van der Waals surface area contributed by atoms with E-state index in [1.807, 2.05) is 35.8 Å². The second-order valence-corrected chi connectivity index (χ2v) is 3.83. The summed E-state index contributed by atoms with van der Waals surface area (Å²) in [7, 11) is 0. The first kappa shape index (κ1) is 8.73. The van der Waals surface area contributed by atoms with Crippen molar-refractivity contribution in [3.63, 3.8) is 0 Å². The molecular formula is C10H8ClNS. The van der Waals surface area contributed by atoms with E-state index in [2.05, 4.69) is 4.98 Å². The smallest absolute Gasteiger partial charge is 0.0855 e. The number of aromatic nitrogens is 1. The molecule has 1 aromatic carbocycles. The van der Waals surface area contributed by atoms with Gasteiger partial charge in [-0.15, -0.1) is 22.9 Å². The van der Waals surface area contributed by atoms with E-state index in [0.717, 1.165) is 16.1 Å². The van der Waals surface area contributed by atoms with Crippen molar-refractivity contribution in [3.8, 4) is 11.3 Å². The molecule has 2 aromatic rings. The average molecular weight is 210 g/mol. The highest BCUT2D eigenvalue weighted by atomic mass is 35.5. The first-order chi connectivity index (χ1) is 6.42. The van der Waals surface area contributed by atoms with Crippen LogP contribution in [0.2, 0.25) is 0 Å². The molecule has 2 rings (SSSR count). The summed E-state index contributed by atoms with van der Waals surface area (Å²) in [5, 5.41) is 0. The minimum absolute atomic E-state index is 0.537. The van der Waals surface area contributed by atoms with Crippen LogP contribution in [0.5, 0.6) is 0 Å². The number of hydrogen-bond acceptors (Lipinski definition) is 2. The summed E-state index contributed by atoms with van der Waals surface area (Å²) in [6, 6.07) is 10.1. The summed E-state index contributed by atoms with van der Waals surface area (Å²) in [4.78, 5) is 5.42. The molecule has 0 aliphatic carbocycles. The minimum Gasteiger partial charge on any atom is -0.244 e. The van der Waals surface area contributed by atoms with Gasteiger partial charge >= 0.3 is 0 Å². The van der Waals surface area contributed by atoms with Crippen molar-refractivity contribution in [2.24, 2.45) is 0 Å². The quantitative estimate of drug-likeness (QED) is 0.690. The summed E-state index contributed by atoms with van der Waals surface area (Å²) in [6.45, 7) is 0. The van der Waals surface area contributed by atoms with Gasteiger partial charge in [-0.05, 0) is 0 Å². The lowest BCUT2D eigenvalue weighted by molar-refractivity contribution is 1.36. The second kappa shape index (κ2) is 3.90. The topological polar surface area (TPSA) is 12.9 Å². The summed E-state index contributed by atoms with van der Waals surface area (Å²) in [5.74, 6) is 0.537. The van der Waals surface area contributed by atoms with Crippen LogP contribution >= 0.6 is 22.9 Å². The van der Waals surface area contributed by atoms with Crippen molar-refractivity contribution in [1.29, 1.82) is 0 Å². The Labute approximate surface area is 86.0 Å². The predicted octanol–water partition coefficient (Wildman–Crippen LogP) is 3.55. The SMILES string of the molecule is ClCc1scnc1-c1ccccc1. The summed E-state index contributed by atoms with van der Waals surface area (Å²) in [6.07, 6.45) is 0. The van der Waals surface area contributed by atoms with Crippen molar-refractivity contribution in [1.82, 2.24) is 4.98 Å². The van der Waals surface area contributed by atoms with E-state index in [-0.39, 0.29) is 0 Å². The maximum atomic E-state index is 5.79. The first-order valence-electron chi connectivity index (χ1n) is 3.95. The van der Waals surface area contributed by atoms with E-state index < -0.39 is 0 Å². The van der Waals surface area contributed by atoms with Gasteiger partial charge in [-0.25, -0.2) is 4.98 Å². The summed E-state index contributed by atoms with van der Waals surface area (Å²) in [5.41, 5.74) is 3.99. The number of alkyl halides is 1. The van der Waals surface area contributed by atoms with Gasteiger partial charge in [-0.2, -0.15) is 0 Å². The van der Waals surface area contributed by atoms with Gasteiger partial charge < -0.3 is 0 Å². The monoisotopic (exact) mass is 209 g/mol. The van der Waals surface area contributed by atoms with E-state index in [1.54, 1.807) is 11.3 Å². The van der Waals surface area contributed by atoms with Gasteiger partial charge in [0.1, 0.15) is 0 Å². The Morgan fingerprint density at radius 2 is 2.00 bits per heavy atom. The molecule has 0 amide bonds. The second-order valence-electron chi connectivity index (χ2n) is 2.62. The summed E-state index contributed by atoms with van der Waals surface area (Å²) >= 11 is 7.40. The number of nitrogens with zero attached hydrogens (tertiary/aromatic N) is 1. The largest absolute Gasteiger partial charge is 0.244 e. The van der Waals surface area contributed by atoms with Gasteiger partial charge in [-0.3, -0.25) is 0 Å². The Bertz CT molecular complexity index is 383. The van der Waals surface area contributed by atoms with Gasteiger partial charge in [0.15, 0.2) is 0 Å². The average Bonchev–Trinajstić information content (AvgIpc) is 2.67. The van der Waals surface area contributed by atoms with Crippen LogP contribution in [0.3, 0.4) is 0 Å². The zero-order valence-corrected chi connectivity index (χ0v) is 8.48. The molecule has 3 heteroatoms. The van der Waals surface area contributed by atoms with Crippen LogP contribution in [0.4, 0.5) is 0 Å². The maximum Gasteiger partial charge on any atom is 0.0855 e. The van der Waals surface area contributed by atoms with Gasteiger partial charge in [0.05, 0.1) is 17.1 Å². The lowest BCUT2D eigenvalue weighted by atomic mass is 10.1. The molecule has 0 aliphatic rings. The fourth-order valence-corrected chi connectivity index (χ4v) is 2.14. The van der Waals surface area contributed by atoms with E-state index in [0.29, 0.717) is 5.88 Å². The standard InChI is InChI=1S/C10H8ClNS/c11-6-9-10(12-7-13-9)8-4-2-1-3-5-8/h1-5,7H,6H2. The highest BCUT2D eigenvalue weighted by Crippen LogP contribution is 2.26. The van der Waals surface area contributed by atoms with E-state index >= 15 is 0 Å². The number of hydrogen-bond donors (Lipinski definition) is 0. The molecule has 0 spiro atoms. The fraction of sp³-hybridized carbons (Fsp3) is 0.100. The molecule has 0 radical (unpaired) electrons. The summed E-state index contributed by atoms with van der Waals surface area (Å²) < 4.78 is 0. The number of halogens is 1. The number of thiazole rings is 1. The maximum absolute atomic E-state index is 5.79. The van der Waals surface area contributed by atoms with Crippen molar-refractivity contribution >= 4 is 22.9 Å². The van der Waals surface area contributed by atoms with Crippen LogP contribution < -0.4 is 0 Å². The van der Waals surface area contributed by atoms with Crippen LogP contribution in [-0.4, -0.2) is 4.98 Å². The molecule has 1 nitrogen and oxygen atoms in total. The van der Waals surface area contributed by atoms with Crippen molar-refractivity contribution in [2.45, 2.75) is 5.88 Å². The Morgan fingerprint density at radius 3 is 2.69 bits per heavy atom. The van der Waals surface area contributed by atoms with E-state index in [4.69, 9.17) is 11.6 Å². The molecule has 1 heterocycles. The zero-order chi connectivity index (χ0) is 9.10. The molecule has 13 heavy (non-hydrogen) atoms.